The summed E-state index contributed by atoms with van der Waals surface area (Å²) in [6.45, 7) is 4.51. The molecular formula is C26H35BrS. The number of halogens is 1. The van der Waals surface area contributed by atoms with Crippen molar-refractivity contribution in [1.29, 1.82) is 0 Å². The van der Waals surface area contributed by atoms with E-state index in [0.717, 1.165) is 24.0 Å². The van der Waals surface area contributed by atoms with Crippen LogP contribution in [-0.2, 0) is 12.2 Å². The Hall–Kier alpha value is -0.730. The van der Waals surface area contributed by atoms with Crippen molar-refractivity contribution in [2.24, 2.45) is 5.92 Å². The van der Waals surface area contributed by atoms with Gasteiger partial charge < -0.3 is 0 Å². The lowest BCUT2D eigenvalue weighted by atomic mass is 9.77. The van der Waals surface area contributed by atoms with E-state index in [-0.39, 0.29) is 0 Å². The zero-order chi connectivity index (χ0) is 19.8. The van der Waals surface area contributed by atoms with E-state index in [0.29, 0.717) is 0 Å². The van der Waals surface area contributed by atoms with E-state index in [1.165, 1.54) is 77.4 Å². The first-order valence-corrected chi connectivity index (χ1v) is 13.0. The fourth-order valence-electron chi connectivity index (χ4n) is 4.39. The van der Waals surface area contributed by atoms with Crippen LogP contribution < -0.4 is 0 Å². The maximum Gasteiger partial charge on any atom is 0.0314 e. The molecular weight excluding hydrogens is 424 g/mol. The zero-order valence-electron chi connectivity index (χ0n) is 17.6. The Kier molecular flexibility index (Phi) is 8.99. The largest absolute Gasteiger partial charge is 0.120 e. The molecule has 0 atom stereocenters. The summed E-state index contributed by atoms with van der Waals surface area (Å²) in [7, 11) is 0. The molecule has 0 aromatic heterocycles. The van der Waals surface area contributed by atoms with Crippen molar-refractivity contribution in [3.05, 3.63) is 63.6 Å². The van der Waals surface area contributed by atoms with Crippen LogP contribution in [-0.4, -0.2) is 0 Å². The van der Waals surface area contributed by atoms with Crippen LogP contribution in [0.5, 0.6) is 0 Å². The molecule has 0 unspecified atom stereocenters. The first kappa shape index (κ1) is 22.0. The molecule has 0 nitrogen and oxygen atoms in total. The summed E-state index contributed by atoms with van der Waals surface area (Å²) >= 11 is 5.78. The quantitative estimate of drug-likeness (QED) is 0.266. The molecule has 0 bridgehead atoms. The maximum absolute atomic E-state index is 3.84. The highest BCUT2D eigenvalue weighted by Crippen LogP contribution is 2.40. The lowest BCUT2D eigenvalue weighted by molar-refractivity contribution is 0.302. The van der Waals surface area contributed by atoms with Gasteiger partial charge in [0.25, 0.3) is 0 Å². The van der Waals surface area contributed by atoms with Crippen LogP contribution >= 0.6 is 27.7 Å². The molecule has 0 radical (unpaired) electrons. The molecule has 1 fully saturated rings. The maximum atomic E-state index is 3.84. The van der Waals surface area contributed by atoms with E-state index in [1.54, 1.807) is 0 Å². The molecule has 0 amide bonds. The first-order chi connectivity index (χ1) is 13.7. The first-order valence-electron chi connectivity index (χ1n) is 11.2. The molecule has 2 aromatic rings. The molecule has 2 aromatic carbocycles. The van der Waals surface area contributed by atoms with Gasteiger partial charge in [-0.2, -0.15) is 0 Å². The minimum atomic E-state index is 0.763. The fraction of sp³-hybridized carbons (Fsp3) is 0.538. The average Bonchev–Trinajstić information content (AvgIpc) is 2.74. The molecule has 0 aliphatic heterocycles. The molecule has 3 rings (SSSR count). The fourth-order valence-corrected chi connectivity index (χ4v) is 6.00. The molecule has 0 N–H and O–H groups in total. The molecule has 1 aliphatic carbocycles. The molecule has 2 heteroatoms. The predicted molar refractivity (Wildman–Crippen MR) is 128 cm³/mol. The van der Waals surface area contributed by atoms with Crippen molar-refractivity contribution in [2.45, 2.75) is 88.2 Å². The van der Waals surface area contributed by atoms with E-state index in [9.17, 15) is 0 Å². The minimum absolute atomic E-state index is 0.763. The van der Waals surface area contributed by atoms with Crippen molar-refractivity contribution < 1.29 is 0 Å². The Labute approximate surface area is 185 Å². The second-order valence-electron chi connectivity index (χ2n) is 8.36. The molecule has 0 spiro atoms. The SMILES string of the molecule is CCCCC[C@H]1CC[C@H](c2ccc(SCc3ccc(CC)cc3)c(Br)c2)CC1. The number of hydrogen-bond donors (Lipinski definition) is 0. The summed E-state index contributed by atoms with van der Waals surface area (Å²) in [6, 6.07) is 16.2. The topological polar surface area (TPSA) is 0 Å². The van der Waals surface area contributed by atoms with Crippen LogP contribution in [0.3, 0.4) is 0 Å². The normalized spacial score (nSPS) is 19.7. The third-order valence-electron chi connectivity index (χ3n) is 6.32. The molecule has 152 valence electrons. The number of unbranched alkanes of at least 4 members (excludes halogenated alkanes) is 2. The highest BCUT2D eigenvalue weighted by Gasteiger charge is 2.22. The lowest BCUT2D eigenvalue weighted by Gasteiger charge is -2.29. The minimum Gasteiger partial charge on any atom is -0.120 e. The highest BCUT2D eigenvalue weighted by molar-refractivity contribution is 9.10. The molecule has 1 saturated carbocycles. The summed E-state index contributed by atoms with van der Waals surface area (Å²) < 4.78 is 1.27. The third-order valence-corrected chi connectivity index (χ3v) is 8.38. The Bertz CT molecular complexity index is 714. The molecule has 28 heavy (non-hydrogen) atoms. The summed E-state index contributed by atoms with van der Waals surface area (Å²) in [5.74, 6) is 2.78. The van der Waals surface area contributed by atoms with Gasteiger partial charge in [-0.3, -0.25) is 0 Å². The monoisotopic (exact) mass is 458 g/mol. The van der Waals surface area contributed by atoms with Gasteiger partial charge in [-0.15, -0.1) is 11.8 Å². The number of hydrogen-bond acceptors (Lipinski definition) is 1. The van der Waals surface area contributed by atoms with E-state index in [4.69, 9.17) is 0 Å². The number of benzene rings is 2. The van der Waals surface area contributed by atoms with Crippen LogP contribution in [0.4, 0.5) is 0 Å². The number of thioether (sulfide) groups is 1. The van der Waals surface area contributed by atoms with Crippen molar-refractivity contribution in [3.8, 4) is 0 Å². The van der Waals surface area contributed by atoms with Gasteiger partial charge in [-0.1, -0.05) is 69.9 Å². The Morgan fingerprint density at radius 2 is 1.61 bits per heavy atom. The van der Waals surface area contributed by atoms with Crippen molar-refractivity contribution >= 4 is 27.7 Å². The van der Waals surface area contributed by atoms with E-state index >= 15 is 0 Å². The van der Waals surface area contributed by atoms with Gasteiger partial charge in [0.1, 0.15) is 0 Å². The molecule has 1 aliphatic rings. The Morgan fingerprint density at radius 1 is 0.893 bits per heavy atom. The number of rotatable bonds is 9. The van der Waals surface area contributed by atoms with E-state index < -0.39 is 0 Å². The number of aryl methyl sites for hydroxylation is 1. The van der Waals surface area contributed by atoms with Gasteiger partial charge in [-0.05, 0) is 88.7 Å². The van der Waals surface area contributed by atoms with E-state index in [2.05, 4.69) is 72.2 Å². The standard InChI is InChI=1S/C26H35BrS/c1-3-5-6-7-21-12-14-23(15-13-21)24-16-17-26(25(27)18-24)28-19-22-10-8-20(4-2)9-11-22/h8-11,16-18,21,23H,3-7,12-15,19H2,1-2H3/t21-,23-. The average molecular weight is 460 g/mol. The summed E-state index contributed by atoms with van der Waals surface area (Å²) in [6.07, 6.45) is 12.4. The van der Waals surface area contributed by atoms with Crippen molar-refractivity contribution in [3.63, 3.8) is 0 Å². The molecule has 0 heterocycles. The summed E-state index contributed by atoms with van der Waals surface area (Å²) in [5.41, 5.74) is 4.36. The third kappa shape index (κ3) is 6.39. The second kappa shape index (κ2) is 11.5. The van der Waals surface area contributed by atoms with Crippen LogP contribution in [0.1, 0.15) is 87.8 Å². The Morgan fingerprint density at radius 3 is 2.25 bits per heavy atom. The van der Waals surface area contributed by atoms with Crippen LogP contribution in [0.15, 0.2) is 51.8 Å². The molecule has 0 saturated heterocycles. The van der Waals surface area contributed by atoms with Gasteiger partial charge in [0.15, 0.2) is 0 Å². The van der Waals surface area contributed by atoms with Gasteiger partial charge in [-0.25, -0.2) is 0 Å². The van der Waals surface area contributed by atoms with Gasteiger partial charge >= 0.3 is 0 Å². The van der Waals surface area contributed by atoms with Crippen LogP contribution in [0, 0.1) is 5.92 Å². The van der Waals surface area contributed by atoms with Crippen molar-refractivity contribution in [2.75, 3.05) is 0 Å². The van der Waals surface area contributed by atoms with Crippen molar-refractivity contribution in [1.82, 2.24) is 0 Å². The van der Waals surface area contributed by atoms with Gasteiger partial charge in [0, 0.05) is 15.1 Å². The summed E-state index contributed by atoms with van der Waals surface area (Å²) in [5, 5.41) is 0. The van der Waals surface area contributed by atoms with Gasteiger partial charge in [0.2, 0.25) is 0 Å². The summed E-state index contributed by atoms with van der Waals surface area (Å²) in [4.78, 5) is 1.36. The Balaban J connectivity index is 1.51. The smallest absolute Gasteiger partial charge is 0.0314 e. The van der Waals surface area contributed by atoms with E-state index in [1.807, 2.05) is 11.8 Å². The van der Waals surface area contributed by atoms with Gasteiger partial charge in [0.05, 0.1) is 0 Å². The zero-order valence-corrected chi connectivity index (χ0v) is 20.0. The second-order valence-corrected chi connectivity index (χ2v) is 10.2. The highest BCUT2D eigenvalue weighted by atomic mass is 79.9. The van der Waals surface area contributed by atoms with Crippen LogP contribution in [0.25, 0.3) is 0 Å². The van der Waals surface area contributed by atoms with Crippen LogP contribution in [0.2, 0.25) is 0 Å². The lowest BCUT2D eigenvalue weighted by Crippen LogP contribution is -2.13. The predicted octanol–water partition coefficient (Wildman–Crippen LogP) is 9.16.